The van der Waals surface area contributed by atoms with Gasteiger partial charge in [-0.25, -0.2) is 8.42 Å². The molecule has 0 aliphatic heterocycles. The summed E-state index contributed by atoms with van der Waals surface area (Å²) in [5.41, 5.74) is 0. The van der Waals surface area contributed by atoms with Crippen molar-refractivity contribution in [2.75, 3.05) is 0 Å². The predicted octanol–water partition coefficient (Wildman–Crippen LogP) is -6.69. The number of rotatable bonds is 3. The van der Waals surface area contributed by atoms with E-state index in [2.05, 4.69) is 4.33 Å². The van der Waals surface area contributed by atoms with Crippen molar-refractivity contribution in [2.45, 2.75) is 9.79 Å². The minimum Gasteiger partial charge on any atom is -0.744 e. The Morgan fingerprint density at radius 3 is 2.18 bits per heavy atom. The molecule has 0 aliphatic carbocycles. The van der Waals surface area contributed by atoms with Gasteiger partial charge in [-0.15, -0.1) is 0 Å². The maximum Gasteiger partial charge on any atom is 1.00 e. The summed E-state index contributed by atoms with van der Waals surface area (Å²) in [6.45, 7) is 0. The van der Waals surface area contributed by atoms with E-state index < -0.39 is 26.5 Å². The monoisotopic (exact) mass is 298 g/mol. The van der Waals surface area contributed by atoms with Gasteiger partial charge in [-0.3, -0.25) is 0 Å². The van der Waals surface area contributed by atoms with Crippen molar-refractivity contribution in [2.24, 2.45) is 0 Å². The van der Waals surface area contributed by atoms with Gasteiger partial charge in [-0.1, -0.05) is 0 Å². The molecule has 1 aromatic carbocycles. The largest absolute Gasteiger partial charge is 1.00 e. The molecule has 0 aromatic heterocycles. The molecule has 1 aromatic rings. The zero-order chi connectivity index (χ0) is 11.6. The molecule has 2 N–H and O–H groups in total. The van der Waals surface area contributed by atoms with Crippen LogP contribution in [0.2, 0.25) is 0 Å². The third-order valence-corrected chi connectivity index (χ3v) is 2.77. The van der Waals surface area contributed by atoms with Crippen molar-refractivity contribution in [3.63, 3.8) is 0 Å². The topological polar surface area (TPSA) is 130 Å². The van der Waals surface area contributed by atoms with E-state index in [-0.39, 0.29) is 76.1 Å². The Labute approximate surface area is 146 Å². The summed E-state index contributed by atoms with van der Waals surface area (Å²) < 4.78 is 35.2. The van der Waals surface area contributed by atoms with Gasteiger partial charge >= 0.3 is 59.1 Å². The Hall–Kier alpha value is 1.000. The first kappa shape index (κ1) is 20.3. The first-order valence-electron chi connectivity index (χ1n) is 3.34. The average Bonchev–Trinajstić information content (AvgIpc) is 2.09. The van der Waals surface area contributed by atoms with Crippen LogP contribution in [-0.2, 0) is 14.5 Å². The number of hydrogen-bond acceptors (Lipinski definition) is 8. The van der Waals surface area contributed by atoms with Crippen molar-refractivity contribution >= 4 is 22.2 Å². The molecule has 0 saturated heterocycles. The van der Waals surface area contributed by atoms with Crippen LogP contribution in [0.3, 0.4) is 0 Å². The van der Waals surface area contributed by atoms with Crippen molar-refractivity contribution < 1.29 is 91.9 Å². The third kappa shape index (κ3) is 5.66. The zero-order valence-corrected chi connectivity index (χ0v) is 14.5. The minimum atomic E-state index is -4.93. The normalized spacial score (nSPS) is 10.2. The second-order valence-electron chi connectivity index (χ2n) is 2.39. The van der Waals surface area contributed by atoms with E-state index in [0.717, 1.165) is 12.1 Å². The predicted molar refractivity (Wildman–Crippen MR) is 44.7 cm³/mol. The molecule has 17 heavy (non-hydrogen) atoms. The molecule has 0 heterocycles. The summed E-state index contributed by atoms with van der Waals surface area (Å²) in [5.74, 6) is -1.88. The maximum absolute atomic E-state index is 10.6. The van der Waals surface area contributed by atoms with Gasteiger partial charge in [-0.2, -0.15) is 0 Å². The summed E-state index contributed by atoms with van der Waals surface area (Å²) in [6.07, 6.45) is 0. The van der Waals surface area contributed by atoms with Crippen LogP contribution in [0, 0.1) is 0 Å². The van der Waals surface area contributed by atoms with Gasteiger partial charge in [0.2, 0.25) is 0 Å². The molecular weight excluding hydrogens is 294 g/mol. The first-order valence-corrected chi connectivity index (χ1v) is 5.49. The Balaban J connectivity index is 0. The van der Waals surface area contributed by atoms with Crippen LogP contribution in [0.1, 0.15) is 0 Å². The molecule has 0 saturated carbocycles. The number of hydrogen-bond donors (Lipinski definition) is 2. The summed E-state index contributed by atoms with van der Waals surface area (Å²) in [7, 11) is -4.93. The second kappa shape index (κ2) is 8.23. The molecule has 0 unspecified atom stereocenters. The van der Waals surface area contributed by atoms with Crippen molar-refractivity contribution in [3.8, 4) is 11.5 Å². The fourth-order valence-corrected chi connectivity index (χ4v) is 1.94. The van der Waals surface area contributed by atoms with Gasteiger partial charge in [0.25, 0.3) is 0 Å². The molecular formula is C6H4Na2O7S2. The van der Waals surface area contributed by atoms with Crippen LogP contribution in [0.5, 0.6) is 11.5 Å². The van der Waals surface area contributed by atoms with Crippen molar-refractivity contribution in [1.82, 2.24) is 0 Å². The molecule has 0 radical (unpaired) electrons. The van der Waals surface area contributed by atoms with Gasteiger partial charge in [0.15, 0.2) is 11.5 Å². The third-order valence-electron chi connectivity index (χ3n) is 1.43. The maximum atomic E-state index is 10.6. The molecule has 0 atom stereocenters. The summed E-state index contributed by atoms with van der Waals surface area (Å²) in [5, 5.41) is 27.9. The Morgan fingerprint density at radius 2 is 1.76 bits per heavy atom. The number of phenols is 2. The number of benzene rings is 1. The van der Waals surface area contributed by atoms with Crippen molar-refractivity contribution in [1.29, 1.82) is 0 Å². The summed E-state index contributed by atoms with van der Waals surface area (Å²) in [6, 6.07) is 1.60. The fourth-order valence-electron chi connectivity index (χ4n) is 0.847. The molecule has 0 amide bonds. The second-order valence-corrected chi connectivity index (χ2v) is 4.52. The van der Waals surface area contributed by atoms with E-state index in [9.17, 15) is 18.2 Å². The standard InChI is InChI=1S/C6H6O7S2.2Na/c7-4-1-3(14-13-9)2-5(6(4)8)15(10,11)12;;/h1-2,7-9H,(H,10,11,12);;/q;2*+1/p-2. The van der Waals surface area contributed by atoms with Gasteiger partial charge in [0.05, 0.1) is 0 Å². The zero-order valence-electron chi connectivity index (χ0n) is 8.91. The molecule has 1 rings (SSSR count). The van der Waals surface area contributed by atoms with Crippen molar-refractivity contribution in [3.05, 3.63) is 12.1 Å². The van der Waals surface area contributed by atoms with E-state index in [1.807, 2.05) is 0 Å². The van der Waals surface area contributed by atoms with E-state index in [1.54, 1.807) is 0 Å². The number of phenolic OH excluding ortho intramolecular Hbond substituents is 2. The van der Waals surface area contributed by atoms with Crippen LogP contribution in [0.25, 0.3) is 0 Å². The summed E-state index contributed by atoms with van der Waals surface area (Å²) in [4.78, 5) is -1.13. The van der Waals surface area contributed by atoms with Gasteiger partial charge in [0.1, 0.15) is 15.0 Å². The van der Waals surface area contributed by atoms with E-state index in [4.69, 9.17) is 10.2 Å². The first-order chi connectivity index (χ1) is 6.86. The van der Waals surface area contributed by atoms with Crippen LogP contribution in [-0.4, -0.2) is 23.2 Å². The fraction of sp³-hybridized carbons (Fsp3) is 0. The Kier molecular flexibility index (Phi) is 9.83. The minimum absolute atomic E-state index is 0. The molecule has 0 aliphatic rings. The average molecular weight is 298 g/mol. The SMILES string of the molecule is O=S(=O)([O-])c1cc(SO[O-])cc(O)c1O.[Na+].[Na+]. The van der Waals surface area contributed by atoms with Gasteiger partial charge in [-0.05, 0) is 12.1 Å². The van der Waals surface area contributed by atoms with E-state index >= 15 is 0 Å². The molecule has 0 spiro atoms. The van der Waals surface area contributed by atoms with E-state index in [0.29, 0.717) is 0 Å². The number of aromatic hydroxyl groups is 2. The summed E-state index contributed by atoms with van der Waals surface area (Å²) >= 11 is 0.198. The molecule has 7 nitrogen and oxygen atoms in total. The Morgan fingerprint density at radius 1 is 1.24 bits per heavy atom. The van der Waals surface area contributed by atoms with Crippen LogP contribution >= 0.6 is 12.0 Å². The molecule has 11 heteroatoms. The van der Waals surface area contributed by atoms with Crippen LogP contribution < -0.4 is 64.4 Å². The van der Waals surface area contributed by atoms with E-state index in [1.165, 1.54) is 0 Å². The van der Waals surface area contributed by atoms with Gasteiger partial charge in [0, 0.05) is 16.9 Å². The van der Waals surface area contributed by atoms with Crippen LogP contribution in [0.15, 0.2) is 21.9 Å². The van der Waals surface area contributed by atoms with Gasteiger partial charge < -0.3 is 24.4 Å². The molecule has 0 bridgehead atoms. The van der Waals surface area contributed by atoms with Crippen LogP contribution in [0.4, 0.5) is 0 Å². The molecule has 84 valence electrons. The quantitative estimate of drug-likeness (QED) is 0.141. The molecule has 0 fully saturated rings. The Bertz CT molecular complexity index is 475. The smallest absolute Gasteiger partial charge is 0.744 e.